The molecule has 0 unspecified atom stereocenters. The van der Waals surface area contributed by atoms with Crippen LogP contribution >= 0.6 is 23.2 Å². The van der Waals surface area contributed by atoms with Crippen molar-refractivity contribution in [3.05, 3.63) is 63.6 Å². The van der Waals surface area contributed by atoms with Gasteiger partial charge in [0.1, 0.15) is 5.75 Å². The van der Waals surface area contributed by atoms with Gasteiger partial charge in [0.15, 0.2) is 5.78 Å². The Balaban J connectivity index is 2.23. The Kier molecular flexibility index (Phi) is 4.46. The van der Waals surface area contributed by atoms with Gasteiger partial charge in [-0.15, -0.1) is 0 Å². The largest absolute Gasteiger partial charge is 0.497 e. The number of hydrogen-bond acceptors (Lipinski definition) is 2. The number of halogens is 2. The molecular formula is C15H12Cl2O2. The molecule has 2 nitrogen and oxygen atoms in total. The molecule has 0 saturated carbocycles. The number of hydrogen-bond donors (Lipinski definition) is 0. The SMILES string of the molecule is COc1ccc(C(=O)Cc2ccccc2Cl)c(Cl)c1. The maximum Gasteiger partial charge on any atom is 0.168 e. The van der Waals surface area contributed by atoms with Crippen LogP contribution < -0.4 is 4.74 Å². The van der Waals surface area contributed by atoms with Gasteiger partial charge < -0.3 is 4.74 Å². The topological polar surface area (TPSA) is 26.3 Å². The van der Waals surface area contributed by atoms with E-state index >= 15 is 0 Å². The van der Waals surface area contributed by atoms with Crippen LogP contribution in [-0.2, 0) is 6.42 Å². The highest BCUT2D eigenvalue weighted by Gasteiger charge is 2.13. The van der Waals surface area contributed by atoms with E-state index in [1.165, 1.54) is 0 Å². The maximum atomic E-state index is 12.2. The van der Waals surface area contributed by atoms with E-state index in [9.17, 15) is 4.79 Å². The summed E-state index contributed by atoms with van der Waals surface area (Å²) in [6, 6.07) is 12.3. The summed E-state index contributed by atoms with van der Waals surface area (Å²) >= 11 is 12.1. The Morgan fingerprint density at radius 2 is 1.84 bits per heavy atom. The third-order valence-electron chi connectivity index (χ3n) is 2.79. The van der Waals surface area contributed by atoms with E-state index in [4.69, 9.17) is 27.9 Å². The summed E-state index contributed by atoms with van der Waals surface area (Å²) in [4.78, 5) is 12.2. The normalized spacial score (nSPS) is 10.3. The summed E-state index contributed by atoms with van der Waals surface area (Å²) in [6.07, 6.45) is 0.228. The van der Waals surface area contributed by atoms with Crippen LogP contribution in [0, 0.1) is 0 Å². The lowest BCUT2D eigenvalue weighted by molar-refractivity contribution is 0.0993. The molecule has 0 N–H and O–H groups in total. The van der Waals surface area contributed by atoms with Gasteiger partial charge in [-0.25, -0.2) is 0 Å². The first-order chi connectivity index (χ1) is 9.11. The van der Waals surface area contributed by atoms with Gasteiger partial charge in [-0.2, -0.15) is 0 Å². The minimum absolute atomic E-state index is 0.0687. The van der Waals surface area contributed by atoms with Crippen LogP contribution in [0.4, 0.5) is 0 Å². The Bertz CT molecular complexity index is 609. The minimum Gasteiger partial charge on any atom is -0.497 e. The number of Topliss-reactive ketones (excluding diaryl/α,β-unsaturated/α-hetero) is 1. The van der Waals surface area contributed by atoms with Crippen LogP contribution in [0.15, 0.2) is 42.5 Å². The highest BCUT2D eigenvalue weighted by atomic mass is 35.5. The fraction of sp³-hybridized carbons (Fsp3) is 0.133. The van der Waals surface area contributed by atoms with E-state index in [-0.39, 0.29) is 12.2 Å². The Labute approximate surface area is 121 Å². The summed E-state index contributed by atoms with van der Waals surface area (Å²) in [6.45, 7) is 0. The first-order valence-corrected chi connectivity index (χ1v) is 6.47. The van der Waals surface area contributed by atoms with Crippen molar-refractivity contribution >= 4 is 29.0 Å². The van der Waals surface area contributed by atoms with Gasteiger partial charge in [0, 0.05) is 17.0 Å². The maximum absolute atomic E-state index is 12.2. The summed E-state index contributed by atoms with van der Waals surface area (Å²) in [7, 11) is 1.55. The van der Waals surface area contributed by atoms with Crippen molar-refractivity contribution < 1.29 is 9.53 Å². The molecule has 0 heterocycles. The Morgan fingerprint density at radius 3 is 2.47 bits per heavy atom. The summed E-state index contributed by atoms with van der Waals surface area (Å²) in [5.74, 6) is 0.556. The molecule has 2 aromatic rings. The summed E-state index contributed by atoms with van der Waals surface area (Å²) < 4.78 is 5.05. The third kappa shape index (κ3) is 3.28. The molecule has 0 saturated heterocycles. The van der Waals surface area contributed by atoms with Crippen LogP contribution in [0.2, 0.25) is 10.0 Å². The molecular weight excluding hydrogens is 283 g/mol. The van der Waals surface area contributed by atoms with Crippen LogP contribution in [0.25, 0.3) is 0 Å². The molecule has 19 heavy (non-hydrogen) atoms. The molecule has 2 aromatic carbocycles. The predicted octanol–water partition coefficient (Wildman–Crippen LogP) is 4.43. The van der Waals surface area contributed by atoms with Crippen molar-refractivity contribution in [2.75, 3.05) is 7.11 Å². The standard InChI is InChI=1S/C15H12Cl2O2/c1-19-11-6-7-12(14(17)9-11)15(18)8-10-4-2-3-5-13(10)16/h2-7,9H,8H2,1H3. The number of carbonyl (C=O) groups excluding carboxylic acids is 1. The average molecular weight is 295 g/mol. The highest BCUT2D eigenvalue weighted by molar-refractivity contribution is 6.34. The highest BCUT2D eigenvalue weighted by Crippen LogP contribution is 2.25. The van der Waals surface area contributed by atoms with Crippen LogP contribution in [0.1, 0.15) is 15.9 Å². The van der Waals surface area contributed by atoms with Gasteiger partial charge >= 0.3 is 0 Å². The quantitative estimate of drug-likeness (QED) is 0.780. The molecule has 0 radical (unpaired) electrons. The first kappa shape index (κ1) is 13.9. The van der Waals surface area contributed by atoms with Gasteiger partial charge in [-0.3, -0.25) is 4.79 Å². The molecule has 4 heteroatoms. The van der Waals surface area contributed by atoms with Crippen LogP contribution in [0.5, 0.6) is 5.75 Å². The first-order valence-electron chi connectivity index (χ1n) is 5.72. The van der Waals surface area contributed by atoms with E-state index in [0.717, 1.165) is 5.56 Å². The molecule has 98 valence electrons. The molecule has 0 aromatic heterocycles. The number of methoxy groups -OCH3 is 1. The second-order valence-electron chi connectivity index (χ2n) is 4.04. The van der Waals surface area contributed by atoms with Gasteiger partial charge in [0.05, 0.1) is 12.1 Å². The van der Waals surface area contributed by atoms with Crippen LogP contribution in [0.3, 0.4) is 0 Å². The molecule has 0 spiro atoms. The molecule has 0 bridgehead atoms. The number of ketones is 1. The molecule has 0 aliphatic carbocycles. The zero-order chi connectivity index (χ0) is 13.8. The van der Waals surface area contributed by atoms with Crippen molar-refractivity contribution in [2.24, 2.45) is 0 Å². The fourth-order valence-electron chi connectivity index (χ4n) is 1.76. The van der Waals surface area contributed by atoms with Crippen molar-refractivity contribution in [3.63, 3.8) is 0 Å². The lowest BCUT2D eigenvalue weighted by atomic mass is 10.0. The molecule has 2 rings (SSSR count). The van der Waals surface area contributed by atoms with E-state index in [1.54, 1.807) is 31.4 Å². The second kappa shape index (κ2) is 6.09. The van der Waals surface area contributed by atoms with Crippen molar-refractivity contribution in [1.82, 2.24) is 0 Å². The monoisotopic (exact) mass is 294 g/mol. The van der Waals surface area contributed by atoms with Gasteiger partial charge in [-0.05, 0) is 29.8 Å². The predicted molar refractivity (Wildman–Crippen MR) is 77.5 cm³/mol. The second-order valence-corrected chi connectivity index (χ2v) is 4.85. The molecule has 0 amide bonds. The lowest BCUT2D eigenvalue weighted by Gasteiger charge is -2.07. The van der Waals surface area contributed by atoms with Crippen molar-refractivity contribution in [3.8, 4) is 5.75 Å². The zero-order valence-electron chi connectivity index (χ0n) is 10.3. The Hall–Kier alpha value is -1.51. The van der Waals surface area contributed by atoms with Crippen LogP contribution in [-0.4, -0.2) is 12.9 Å². The summed E-state index contributed by atoms with van der Waals surface area (Å²) in [5, 5.41) is 0.969. The van der Waals surface area contributed by atoms with Gasteiger partial charge in [-0.1, -0.05) is 41.4 Å². The average Bonchev–Trinajstić information content (AvgIpc) is 2.41. The number of rotatable bonds is 4. The van der Waals surface area contributed by atoms with Gasteiger partial charge in [0.2, 0.25) is 0 Å². The molecule has 0 aliphatic heterocycles. The number of ether oxygens (including phenoxy) is 1. The van der Waals surface area contributed by atoms with E-state index in [0.29, 0.717) is 21.4 Å². The molecule has 0 aliphatic rings. The summed E-state index contributed by atoms with van der Waals surface area (Å²) in [5.41, 5.74) is 1.27. The Morgan fingerprint density at radius 1 is 1.11 bits per heavy atom. The van der Waals surface area contributed by atoms with Gasteiger partial charge in [0.25, 0.3) is 0 Å². The lowest BCUT2D eigenvalue weighted by Crippen LogP contribution is -2.05. The third-order valence-corrected chi connectivity index (χ3v) is 3.47. The minimum atomic E-state index is -0.0687. The van der Waals surface area contributed by atoms with E-state index < -0.39 is 0 Å². The van der Waals surface area contributed by atoms with Crippen molar-refractivity contribution in [1.29, 1.82) is 0 Å². The van der Waals surface area contributed by atoms with E-state index in [1.807, 2.05) is 18.2 Å². The van der Waals surface area contributed by atoms with E-state index in [2.05, 4.69) is 0 Å². The number of benzene rings is 2. The zero-order valence-corrected chi connectivity index (χ0v) is 11.8. The molecule has 0 atom stereocenters. The molecule has 0 fully saturated rings. The fourth-order valence-corrected chi connectivity index (χ4v) is 2.24. The van der Waals surface area contributed by atoms with Crippen molar-refractivity contribution in [2.45, 2.75) is 6.42 Å². The number of carbonyl (C=O) groups is 1. The smallest absolute Gasteiger partial charge is 0.168 e.